The van der Waals surface area contributed by atoms with Crippen LogP contribution in [0, 0.1) is 0 Å². The summed E-state index contributed by atoms with van der Waals surface area (Å²) in [4.78, 5) is 0. The second-order valence-electron chi connectivity index (χ2n) is 4.46. The lowest BCUT2D eigenvalue weighted by Crippen LogP contribution is -2.19. The van der Waals surface area contributed by atoms with Crippen molar-refractivity contribution >= 4 is 31.9 Å². The minimum Gasteiger partial charge on any atom is -0.496 e. The predicted molar refractivity (Wildman–Crippen MR) is 86.9 cm³/mol. The van der Waals surface area contributed by atoms with Crippen molar-refractivity contribution < 1.29 is 4.74 Å². The summed E-state index contributed by atoms with van der Waals surface area (Å²) in [5.41, 5.74) is 8.34. The maximum Gasteiger partial charge on any atom is 0.125 e. The number of methoxy groups -OCH3 is 1. The molecule has 1 unspecified atom stereocenters. The second kappa shape index (κ2) is 6.74. The molecule has 4 nitrogen and oxygen atoms in total. The molecule has 0 spiro atoms. The average molecular weight is 403 g/mol. The third kappa shape index (κ3) is 3.07. The molecule has 1 aromatic heterocycles. The Hall–Kier alpha value is -0.850. The van der Waals surface area contributed by atoms with Crippen LogP contribution in [0.1, 0.15) is 30.6 Å². The molecule has 1 heterocycles. The minimum atomic E-state index is -0.290. The first-order chi connectivity index (χ1) is 9.58. The number of nitrogens with zero attached hydrogens (tertiary/aromatic N) is 2. The summed E-state index contributed by atoms with van der Waals surface area (Å²) in [6.07, 6.45) is 2.79. The summed E-state index contributed by atoms with van der Waals surface area (Å²) in [6, 6.07) is 5.57. The lowest BCUT2D eigenvalue weighted by atomic mass is 10.0. The van der Waals surface area contributed by atoms with Crippen LogP contribution >= 0.6 is 31.9 Å². The maximum atomic E-state index is 6.43. The standard InChI is InChI=1S/C14H17Br2N3O/c1-3-6-19-14(11(16)8-18-19)13(17)10-5-4-9(15)7-12(10)20-2/h4-5,7-8,13H,3,6,17H2,1-2H3. The smallest absolute Gasteiger partial charge is 0.125 e. The van der Waals surface area contributed by atoms with Crippen LogP contribution in [0.3, 0.4) is 0 Å². The number of benzene rings is 1. The van der Waals surface area contributed by atoms with Gasteiger partial charge in [0.2, 0.25) is 0 Å². The Labute approximate surface area is 135 Å². The van der Waals surface area contributed by atoms with E-state index >= 15 is 0 Å². The molecule has 0 saturated heterocycles. The van der Waals surface area contributed by atoms with Gasteiger partial charge in [0.1, 0.15) is 5.75 Å². The molecule has 0 bridgehead atoms. The molecule has 0 radical (unpaired) electrons. The van der Waals surface area contributed by atoms with Crippen LogP contribution in [0.2, 0.25) is 0 Å². The van der Waals surface area contributed by atoms with E-state index in [0.717, 1.165) is 38.9 Å². The van der Waals surface area contributed by atoms with Crippen LogP contribution in [0.15, 0.2) is 33.3 Å². The largest absolute Gasteiger partial charge is 0.496 e. The number of hydrogen-bond acceptors (Lipinski definition) is 3. The summed E-state index contributed by atoms with van der Waals surface area (Å²) < 4.78 is 9.25. The molecule has 0 aliphatic heterocycles. The molecule has 2 N–H and O–H groups in total. The quantitative estimate of drug-likeness (QED) is 0.825. The van der Waals surface area contributed by atoms with Gasteiger partial charge in [-0.1, -0.05) is 28.9 Å². The van der Waals surface area contributed by atoms with Gasteiger partial charge in [-0.05, 0) is 34.5 Å². The number of rotatable bonds is 5. The Morgan fingerprint density at radius 2 is 2.15 bits per heavy atom. The SMILES string of the molecule is CCCn1ncc(Br)c1C(N)c1ccc(Br)cc1OC. The predicted octanol–water partition coefficient (Wildman–Crippen LogP) is 3.87. The van der Waals surface area contributed by atoms with Crippen LogP contribution < -0.4 is 10.5 Å². The number of hydrogen-bond donors (Lipinski definition) is 1. The number of aromatic nitrogens is 2. The minimum absolute atomic E-state index is 0.290. The van der Waals surface area contributed by atoms with Crippen LogP contribution in [0.4, 0.5) is 0 Å². The summed E-state index contributed by atoms with van der Waals surface area (Å²) in [6.45, 7) is 2.96. The molecular formula is C14H17Br2N3O. The van der Waals surface area contributed by atoms with Crippen LogP contribution in [0.5, 0.6) is 5.75 Å². The van der Waals surface area contributed by atoms with E-state index in [1.54, 1.807) is 13.3 Å². The van der Waals surface area contributed by atoms with E-state index in [1.165, 1.54) is 0 Å². The normalized spacial score (nSPS) is 12.4. The second-order valence-corrected chi connectivity index (χ2v) is 6.23. The molecule has 0 aliphatic rings. The van der Waals surface area contributed by atoms with Gasteiger partial charge in [0.25, 0.3) is 0 Å². The van der Waals surface area contributed by atoms with Crippen molar-refractivity contribution in [2.45, 2.75) is 25.9 Å². The van der Waals surface area contributed by atoms with Crippen molar-refractivity contribution in [2.75, 3.05) is 7.11 Å². The zero-order valence-corrected chi connectivity index (χ0v) is 14.6. The molecule has 1 aromatic carbocycles. The average Bonchev–Trinajstić information content (AvgIpc) is 2.79. The third-order valence-electron chi connectivity index (χ3n) is 3.09. The summed E-state index contributed by atoms with van der Waals surface area (Å²) in [5, 5.41) is 4.36. The molecule has 1 atom stereocenters. The van der Waals surface area contributed by atoms with Crippen molar-refractivity contribution in [3.05, 3.63) is 44.6 Å². The van der Waals surface area contributed by atoms with E-state index < -0.39 is 0 Å². The highest BCUT2D eigenvalue weighted by Crippen LogP contribution is 2.33. The van der Waals surface area contributed by atoms with Crippen molar-refractivity contribution in [1.29, 1.82) is 0 Å². The highest BCUT2D eigenvalue weighted by molar-refractivity contribution is 9.10. The van der Waals surface area contributed by atoms with Gasteiger partial charge in [0, 0.05) is 16.6 Å². The molecule has 2 rings (SSSR count). The number of halogens is 2. The van der Waals surface area contributed by atoms with E-state index in [0.29, 0.717) is 0 Å². The van der Waals surface area contributed by atoms with Crippen LogP contribution in [-0.4, -0.2) is 16.9 Å². The lowest BCUT2D eigenvalue weighted by Gasteiger charge is -2.18. The number of aryl methyl sites for hydroxylation is 1. The van der Waals surface area contributed by atoms with E-state index in [-0.39, 0.29) is 6.04 Å². The molecule has 0 amide bonds. The summed E-state index contributed by atoms with van der Waals surface area (Å²) in [5.74, 6) is 0.767. The fourth-order valence-corrected chi connectivity index (χ4v) is 3.04. The number of nitrogens with two attached hydrogens (primary N) is 1. The highest BCUT2D eigenvalue weighted by Gasteiger charge is 2.21. The van der Waals surface area contributed by atoms with Crippen molar-refractivity contribution in [2.24, 2.45) is 5.73 Å². The summed E-state index contributed by atoms with van der Waals surface area (Å²) in [7, 11) is 1.65. The Balaban J connectivity index is 2.45. The number of ether oxygens (including phenoxy) is 1. The van der Waals surface area contributed by atoms with E-state index in [4.69, 9.17) is 10.5 Å². The summed E-state index contributed by atoms with van der Waals surface area (Å²) >= 11 is 6.97. The van der Waals surface area contributed by atoms with E-state index in [1.807, 2.05) is 22.9 Å². The van der Waals surface area contributed by atoms with Gasteiger partial charge in [0.15, 0.2) is 0 Å². The molecule has 0 fully saturated rings. The van der Waals surface area contributed by atoms with Gasteiger partial charge in [-0.3, -0.25) is 4.68 Å². The van der Waals surface area contributed by atoms with Crippen molar-refractivity contribution in [1.82, 2.24) is 9.78 Å². The first kappa shape index (κ1) is 15.5. The molecule has 0 saturated carbocycles. The maximum absolute atomic E-state index is 6.43. The van der Waals surface area contributed by atoms with Crippen molar-refractivity contribution in [3.63, 3.8) is 0 Å². The van der Waals surface area contributed by atoms with E-state index in [2.05, 4.69) is 43.9 Å². The fourth-order valence-electron chi connectivity index (χ4n) is 2.16. The van der Waals surface area contributed by atoms with Gasteiger partial charge in [-0.25, -0.2) is 0 Å². The van der Waals surface area contributed by atoms with Crippen molar-refractivity contribution in [3.8, 4) is 5.75 Å². The van der Waals surface area contributed by atoms with Gasteiger partial charge < -0.3 is 10.5 Å². The molecule has 108 valence electrons. The molecule has 2 aromatic rings. The van der Waals surface area contributed by atoms with Gasteiger partial charge in [-0.15, -0.1) is 0 Å². The Kier molecular flexibility index (Phi) is 5.23. The molecule has 20 heavy (non-hydrogen) atoms. The third-order valence-corrected chi connectivity index (χ3v) is 4.20. The van der Waals surface area contributed by atoms with Gasteiger partial charge in [-0.2, -0.15) is 5.10 Å². The van der Waals surface area contributed by atoms with E-state index in [9.17, 15) is 0 Å². The molecule has 0 aliphatic carbocycles. The first-order valence-corrected chi connectivity index (χ1v) is 7.97. The Bertz CT molecular complexity index is 598. The van der Waals surface area contributed by atoms with Crippen LogP contribution in [-0.2, 0) is 6.54 Å². The zero-order chi connectivity index (χ0) is 14.7. The molecule has 6 heteroatoms. The lowest BCUT2D eigenvalue weighted by molar-refractivity contribution is 0.406. The monoisotopic (exact) mass is 401 g/mol. The Morgan fingerprint density at radius 1 is 1.40 bits per heavy atom. The zero-order valence-electron chi connectivity index (χ0n) is 11.4. The van der Waals surface area contributed by atoms with Crippen LogP contribution in [0.25, 0.3) is 0 Å². The topological polar surface area (TPSA) is 53.1 Å². The molecular weight excluding hydrogens is 386 g/mol. The Morgan fingerprint density at radius 3 is 2.80 bits per heavy atom. The fraction of sp³-hybridized carbons (Fsp3) is 0.357. The van der Waals surface area contributed by atoms with Gasteiger partial charge >= 0.3 is 0 Å². The first-order valence-electron chi connectivity index (χ1n) is 6.38. The highest BCUT2D eigenvalue weighted by atomic mass is 79.9. The van der Waals surface area contributed by atoms with Gasteiger partial charge in [0.05, 0.1) is 29.5 Å².